The summed E-state index contributed by atoms with van der Waals surface area (Å²) in [5.74, 6) is -0.606. The quantitative estimate of drug-likeness (QED) is 0.0996. The number of carbonyl (C=O) groups is 4. The van der Waals surface area contributed by atoms with Gasteiger partial charge in [0.25, 0.3) is 0 Å². The second-order valence-corrected chi connectivity index (χ2v) is 13.2. The number of hydrogen-bond acceptors (Lipinski definition) is 9. The van der Waals surface area contributed by atoms with E-state index in [1.807, 2.05) is 0 Å². The summed E-state index contributed by atoms with van der Waals surface area (Å²) in [4.78, 5) is 51.1. The van der Waals surface area contributed by atoms with Crippen molar-refractivity contribution >= 4 is 91.4 Å². The lowest BCUT2D eigenvalue weighted by molar-refractivity contribution is -0.116. The van der Waals surface area contributed by atoms with E-state index in [9.17, 15) is 19.2 Å². The number of thioether (sulfide) groups is 1. The summed E-state index contributed by atoms with van der Waals surface area (Å²) in [7, 11) is 0. The molecule has 0 aliphatic carbocycles. The molecule has 2 aromatic carbocycles. The van der Waals surface area contributed by atoms with E-state index in [-0.39, 0.29) is 37.9 Å². The van der Waals surface area contributed by atoms with Crippen molar-refractivity contribution in [3.8, 4) is 22.3 Å². The maximum Gasteiger partial charge on any atom is 0.341 e. The van der Waals surface area contributed by atoms with Crippen LogP contribution >= 0.6 is 57.6 Å². The summed E-state index contributed by atoms with van der Waals surface area (Å²) in [5, 5.41) is 11.3. The van der Waals surface area contributed by atoms with Crippen molar-refractivity contribution in [1.29, 1.82) is 0 Å². The summed E-state index contributed by atoms with van der Waals surface area (Å²) in [6, 6.07) is 14.2. The van der Waals surface area contributed by atoms with E-state index < -0.39 is 11.9 Å². The monoisotopic (exact) mass is 704 g/mol. The smallest absolute Gasteiger partial charge is 0.341 e. The standard InChI is InChI=1S/C32H30Cl2N2O6S3/c1-3-41-31(39)27-23(19-5-9-21(33)10-6-19)17-44-29(27)35-25(37)13-15-43-16-14-26(38)36-30-28(32(40)42-4-2)24(18-45-30)20-7-11-22(34)12-8-20/h5-12,17-18H,3-4,13-16H2,1-2H3,(H,35,37)(H,36,38). The minimum Gasteiger partial charge on any atom is -0.462 e. The molecule has 2 N–H and O–H groups in total. The number of benzene rings is 2. The number of hydrogen-bond donors (Lipinski definition) is 2. The summed E-state index contributed by atoms with van der Waals surface area (Å²) >= 11 is 16.0. The Morgan fingerprint density at radius 1 is 0.667 bits per heavy atom. The Hall–Kier alpha value is -3.35. The Labute approximate surface area is 283 Å². The molecule has 0 aliphatic heterocycles. The highest BCUT2D eigenvalue weighted by Gasteiger charge is 2.24. The molecule has 45 heavy (non-hydrogen) atoms. The average Bonchev–Trinajstić information content (AvgIpc) is 3.62. The number of carbonyl (C=O) groups excluding carboxylic acids is 4. The molecule has 2 heterocycles. The van der Waals surface area contributed by atoms with Gasteiger partial charge in [-0.1, -0.05) is 47.5 Å². The molecule has 4 rings (SSSR count). The third kappa shape index (κ3) is 9.34. The molecule has 236 valence electrons. The third-order valence-corrected chi connectivity index (χ3v) is 9.58. The zero-order valence-electron chi connectivity index (χ0n) is 24.4. The van der Waals surface area contributed by atoms with Gasteiger partial charge >= 0.3 is 11.9 Å². The van der Waals surface area contributed by atoms with E-state index in [1.165, 1.54) is 34.4 Å². The fraction of sp³-hybridized carbons (Fsp3) is 0.250. The Morgan fingerprint density at radius 3 is 1.40 bits per heavy atom. The van der Waals surface area contributed by atoms with Crippen molar-refractivity contribution in [2.24, 2.45) is 0 Å². The molecule has 0 radical (unpaired) electrons. The first-order valence-electron chi connectivity index (χ1n) is 14.0. The van der Waals surface area contributed by atoms with Crippen LogP contribution in [-0.4, -0.2) is 48.5 Å². The summed E-state index contributed by atoms with van der Waals surface area (Å²) in [5.41, 5.74) is 3.48. The van der Waals surface area contributed by atoms with E-state index in [0.29, 0.717) is 53.8 Å². The topological polar surface area (TPSA) is 111 Å². The molecule has 0 bridgehead atoms. The number of esters is 2. The number of rotatable bonds is 14. The van der Waals surface area contributed by atoms with E-state index in [1.54, 1.807) is 73.1 Å². The molecule has 0 spiro atoms. The number of amides is 2. The molecular weight excluding hydrogens is 675 g/mol. The molecule has 8 nitrogen and oxygen atoms in total. The highest BCUT2D eigenvalue weighted by Crippen LogP contribution is 2.38. The number of anilines is 2. The van der Waals surface area contributed by atoms with Crippen LogP contribution in [0.2, 0.25) is 10.0 Å². The first-order valence-corrected chi connectivity index (χ1v) is 17.6. The van der Waals surface area contributed by atoms with Crippen LogP contribution in [-0.2, 0) is 19.1 Å². The molecule has 0 saturated carbocycles. The van der Waals surface area contributed by atoms with Crippen molar-refractivity contribution in [2.75, 3.05) is 35.4 Å². The van der Waals surface area contributed by atoms with Gasteiger partial charge in [-0.3, -0.25) is 9.59 Å². The number of ether oxygens (including phenoxy) is 2. The minimum atomic E-state index is -0.517. The van der Waals surface area contributed by atoms with Crippen LogP contribution in [0.1, 0.15) is 47.4 Å². The predicted molar refractivity (Wildman–Crippen MR) is 185 cm³/mol. The lowest BCUT2D eigenvalue weighted by Crippen LogP contribution is -2.16. The SMILES string of the molecule is CCOC(=O)c1c(-c2ccc(Cl)cc2)csc1NC(=O)CCSCCC(=O)Nc1scc(-c2ccc(Cl)cc2)c1C(=O)OCC. The van der Waals surface area contributed by atoms with Gasteiger partial charge < -0.3 is 20.1 Å². The lowest BCUT2D eigenvalue weighted by Gasteiger charge is -2.09. The fourth-order valence-electron chi connectivity index (χ4n) is 4.21. The summed E-state index contributed by atoms with van der Waals surface area (Å²) < 4.78 is 10.5. The van der Waals surface area contributed by atoms with Crippen LogP contribution in [0.4, 0.5) is 10.0 Å². The van der Waals surface area contributed by atoms with Crippen molar-refractivity contribution in [1.82, 2.24) is 0 Å². The highest BCUT2D eigenvalue weighted by molar-refractivity contribution is 7.99. The first kappa shape index (κ1) is 34.5. The van der Waals surface area contributed by atoms with E-state index in [4.69, 9.17) is 32.7 Å². The average molecular weight is 706 g/mol. The first-order chi connectivity index (χ1) is 21.7. The van der Waals surface area contributed by atoms with Gasteiger partial charge in [-0.15, -0.1) is 22.7 Å². The molecule has 0 fully saturated rings. The van der Waals surface area contributed by atoms with Crippen molar-refractivity contribution in [3.05, 3.63) is 80.5 Å². The van der Waals surface area contributed by atoms with Crippen molar-refractivity contribution < 1.29 is 28.7 Å². The van der Waals surface area contributed by atoms with Crippen LogP contribution < -0.4 is 10.6 Å². The zero-order valence-corrected chi connectivity index (χ0v) is 28.4. The number of nitrogens with one attached hydrogen (secondary N) is 2. The predicted octanol–water partition coefficient (Wildman–Crippen LogP) is 8.89. The largest absolute Gasteiger partial charge is 0.462 e. The molecule has 2 amide bonds. The second kappa shape index (κ2) is 16.8. The van der Waals surface area contributed by atoms with Crippen LogP contribution in [0.25, 0.3) is 22.3 Å². The van der Waals surface area contributed by atoms with Gasteiger partial charge in [0.1, 0.15) is 21.1 Å². The molecule has 0 saturated heterocycles. The fourth-order valence-corrected chi connectivity index (χ4v) is 7.27. The van der Waals surface area contributed by atoms with Crippen LogP contribution in [0, 0.1) is 0 Å². The van der Waals surface area contributed by atoms with Gasteiger partial charge in [0.05, 0.1) is 13.2 Å². The van der Waals surface area contributed by atoms with Crippen molar-refractivity contribution in [2.45, 2.75) is 26.7 Å². The molecular formula is C32H30Cl2N2O6S3. The molecule has 0 atom stereocenters. The molecule has 0 unspecified atom stereocenters. The normalized spacial score (nSPS) is 10.8. The van der Waals surface area contributed by atoms with Crippen LogP contribution in [0.5, 0.6) is 0 Å². The zero-order chi connectivity index (χ0) is 32.3. The molecule has 4 aromatic rings. The van der Waals surface area contributed by atoms with E-state index in [2.05, 4.69) is 10.6 Å². The Morgan fingerprint density at radius 2 is 1.04 bits per heavy atom. The van der Waals surface area contributed by atoms with Crippen LogP contribution in [0.15, 0.2) is 59.3 Å². The van der Waals surface area contributed by atoms with Gasteiger partial charge in [-0.25, -0.2) is 9.59 Å². The van der Waals surface area contributed by atoms with Crippen LogP contribution in [0.3, 0.4) is 0 Å². The Bertz CT molecular complexity index is 1530. The Balaban J connectivity index is 1.30. The van der Waals surface area contributed by atoms with Crippen molar-refractivity contribution in [3.63, 3.8) is 0 Å². The van der Waals surface area contributed by atoms with E-state index >= 15 is 0 Å². The maximum absolute atomic E-state index is 12.8. The Kier molecular flexibility index (Phi) is 12.9. The molecule has 2 aromatic heterocycles. The number of thiophene rings is 2. The second-order valence-electron chi connectivity index (χ2n) is 9.37. The third-order valence-electron chi connectivity index (χ3n) is 6.30. The van der Waals surface area contributed by atoms with E-state index in [0.717, 1.165) is 11.1 Å². The van der Waals surface area contributed by atoms with Gasteiger partial charge in [0.15, 0.2) is 0 Å². The van der Waals surface area contributed by atoms with Gasteiger partial charge in [0.2, 0.25) is 11.8 Å². The molecule has 13 heteroatoms. The lowest BCUT2D eigenvalue weighted by atomic mass is 10.0. The summed E-state index contributed by atoms with van der Waals surface area (Å²) in [6.45, 7) is 3.85. The highest BCUT2D eigenvalue weighted by atomic mass is 35.5. The summed E-state index contributed by atoms with van der Waals surface area (Å²) in [6.07, 6.45) is 0.371. The van der Waals surface area contributed by atoms with Gasteiger partial charge in [-0.2, -0.15) is 11.8 Å². The maximum atomic E-state index is 12.8. The molecule has 0 aliphatic rings. The van der Waals surface area contributed by atoms with Gasteiger partial charge in [-0.05, 0) is 49.2 Å². The number of halogens is 2. The minimum absolute atomic E-state index is 0.186. The van der Waals surface area contributed by atoms with Gasteiger partial charge in [0, 0.05) is 56.3 Å².